The average molecular weight is 587 g/mol. The minimum atomic E-state index is -1.62. The predicted octanol–water partition coefficient (Wildman–Crippen LogP) is 2.19. The molecule has 11 nitrogen and oxygen atoms in total. The number of benzene rings is 1. The maximum Gasteiger partial charge on any atom is 0.344 e. The molecule has 1 aromatic rings. The second-order valence-corrected chi connectivity index (χ2v) is 13.5. The Bertz CT molecular complexity index is 1330. The summed E-state index contributed by atoms with van der Waals surface area (Å²) in [5, 5.41) is 43.7. The van der Waals surface area contributed by atoms with E-state index in [1.165, 1.54) is 6.92 Å². The minimum Gasteiger partial charge on any atom is -0.630 e. The van der Waals surface area contributed by atoms with Crippen molar-refractivity contribution in [3.8, 4) is 0 Å². The smallest absolute Gasteiger partial charge is 0.344 e. The van der Waals surface area contributed by atoms with Crippen molar-refractivity contribution in [3.05, 3.63) is 35.0 Å². The maximum absolute atomic E-state index is 15.6. The van der Waals surface area contributed by atoms with Crippen molar-refractivity contribution in [2.75, 3.05) is 33.2 Å². The van der Waals surface area contributed by atoms with Gasteiger partial charge in [-0.1, -0.05) is 12.1 Å². The van der Waals surface area contributed by atoms with Crippen LogP contribution in [0.25, 0.3) is 0 Å². The molecule has 13 unspecified atom stereocenters. The topological polar surface area (TPSA) is 147 Å². The van der Waals surface area contributed by atoms with Crippen molar-refractivity contribution < 1.29 is 43.4 Å². The summed E-state index contributed by atoms with van der Waals surface area (Å²) < 4.78 is 23.8. The zero-order valence-corrected chi connectivity index (χ0v) is 24.9. The Morgan fingerprint density at radius 2 is 1.83 bits per heavy atom. The van der Waals surface area contributed by atoms with E-state index in [1.54, 1.807) is 45.6 Å². The van der Waals surface area contributed by atoms with E-state index in [0.29, 0.717) is 31.4 Å². The lowest BCUT2D eigenvalue weighted by Gasteiger charge is -2.65. The van der Waals surface area contributed by atoms with Crippen molar-refractivity contribution in [2.45, 2.75) is 87.2 Å². The Kier molecular flexibility index (Phi) is 6.11. The number of piperidine rings is 1. The van der Waals surface area contributed by atoms with Crippen molar-refractivity contribution in [2.24, 2.45) is 29.1 Å². The number of ether oxygens (including phenoxy) is 4. The van der Waals surface area contributed by atoms with Gasteiger partial charge in [-0.2, -0.15) is 0 Å². The highest BCUT2D eigenvalue weighted by Crippen LogP contribution is 2.83. The van der Waals surface area contributed by atoms with Crippen molar-refractivity contribution in [3.63, 3.8) is 0 Å². The van der Waals surface area contributed by atoms with Crippen LogP contribution in [0.4, 0.5) is 5.69 Å². The Morgan fingerprint density at radius 3 is 2.48 bits per heavy atom. The van der Waals surface area contributed by atoms with Crippen LogP contribution in [-0.4, -0.2) is 95.9 Å². The number of nitrogens with one attached hydrogen (secondary N) is 1. The van der Waals surface area contributed by atoms with Crippen LogP contribution in [0.1, 0.15) is 56.3 Å². The zero-order valence-electron chi connectivity index (χ0n) is 24.9. The van der Waals surface area contributed by atoms with E-state index in [-0.39, 0.29) is 42.6 Å². The van der Waals surface area contributed by atoms with Gasteiger partial charge >= 0.3 is 5.97 Å². The number of esters is 1. The second-order valence-electron chi connectivity index (χ2n) is 13.5. The van der Waals surface area contributed by atoms with E-state index >= 15 is 5.21 Å². The summed E-state index contributed by atoms with van der Waals surface area (Å²) in [5.41, 5.74) is -5.01. The third kappa shape index (κ3) is 2.87. The fraction of sp³-hybridized carbons (Fsp3) is 0.742. The highest BCUT2D eigenvalue weighted by molar-refractivity contribution is 6.00. The van der Waals surface area contributed by atoms with E-state index in [9.17, 15) is 19.8 Å². The Labute approximate surface area is 245 Å². The van der Waals surface area contributed by atoms with Crippen LogP contribution in [0.5, 0.6) is 0 Å². The molecule has 7 bridgehead atoms. The zero-order chi connectivity index (χ0) is 30.0. The molecule has 230 valence electrons. The molecule has 42 heavy (non-hydrogen) atoms. The molecule has 1 spiro atoms. The monoisotopic (exact) mass is 586 g/mol. The summed E-state index contributed by atoms with van der Waals surface area (Å²) in [6, 6.07) is 5.98. The van der Waals surface area contributed by atoms with Crippen molar-refractivity contribution in [1.82, 2.24) is 0 Å². The third-order valence-electron chi connectivity index (χ3n) is 12.7. The van der Waals surface area contributed by atoms with Gasteiger partial charge in [-0.05, 0) is 38.3 Å². The molecule has 1 saturated heterocycles. The van der Waals surface area contributed by atoms with Gasteiger partial charge in [-0.3, -0.25) is 4.79 Å². The number of para-hydroxylation sites is 1. The number of hydrogen-bond donors (Lipinski definition) is 3. The lowest BCUT2D eigenvalue weighted by Crippen LogP contribution is -2.80. The second kappa shape index (κ2) is 8.97. The molecule has 13 atom stereocenters. The third-order valence-corrected chi connectivity index (χ3v) is 12.7. The molecule has 1 aliphatic heterocycles. The number of hydrogen-bond acceptors (Lipinski definition) is 9. The lowest BCUT2D eigenvalue weighted by molar-refractivity contribution is -0.975. The fourth-order valence-corrected chi connectivity index (χ4v) is 11.8. The van der Waals surface area contributed by atoms with Crippen molar-refractivity contribution in [1.29, 1.82) is 0 Å². The highest BCUT2D eigenvalue weighted by Gasteiger charge is 2.95. The molecule has 5 aliphatic carbocycles. The summed E-state index contributed by atoms with van der Waals surface area (Å²) in [6.45, 7) is 3.31. The van der Waals surface area contributed by atoms with Crippen LogP contribution in [0.15, 0.2) is 24.3 Å². The number of carbonyl (C=O) groups excluding carboxylic acids is 2. The highest BCUT2D eigenvalue weighted by atomic mass is 16.7. The number of amides is 1. The molecule has 11 heteroatoms. The van der Waals surface area contributed by atoms with Gasteiger partial charge in [0.15, 0.2) is 0 Å². The van der Waals surface area contributed by atoms with Crippen LogP contribution < -0.4 is 5.32 Å². The Morgan fingerprint density at radius 1 is 1.10 bits per heavy atom. The summed E-state index contributed by atoms with van der Waals surface area (Å²) in [6.07, 6.45) is 0.547. The number of methoxy groups -OCH3 is 3. The van der Waals surface area contributed by atoms with Crippen molar-refractivity contribution >= 4 is 17.6 Å². The van der Waals surface area contributed by atoms with Gasteiger partial charge < -0.3 is 44.3 Å². The predicted molar refractivity (Wildman–Crippen MR) is 149 cm³/mol. The number of carbonyl (C=O) groups is 2. The number of rotatable bonds is 7. The first-order valence-corrected chi connectivity index (χ1v) is 15.2. The molecule has 0 aromatic heterocycles. The van der Waals surface area contributed by atoms with Gasteiger partial charge in [0.2, 0.25) is 5.91 Å². The van der Waals surface area contributed by atoms with E-state index in [0.717, 1.165) is 0 Å². The molecule has 5 saturated carbocycles. The van der Waals surface area contributed by atoms with Gasteiger partial charge in [-0.15, -0.1) is 0 Å². The number of aliphatic hydroxyl groups is 2. The molecular formula is C31H42N2O9. The quantitative estimate of drug-likeness (QED) is 0.249. The molecular weight excluding hydrogens is 544 g/mol. The first-order valence-electron chi connectivity index (χ1n) is 15.2. The van der Waals surface area contributed by atoms with Crippen LogP contribution in [0.2, 0.25) is 0 Å². The van der Waals surface area contributed by atoms with Gasteiger partial charge in [-0.25, -0.2) is 4.79 Å². The first kappa shape index (κ1) is 28.6. The van der Waals surface area contributed by atoms with Gasteiger partial charge in [0, 0.05) is 58.8 Å². The number of anilines is 1. The van der Waals surface area contributed by atoms with E-state index in [4.69, 9.17) is 18.9 Å². The summed E-state index contributed by atoms with van der Waals surface area (Å²) in [4.78, 5) is 25.9. The van der Waals surface area contributed by atoms with Crippen LogP contribution in [0, 0.1) is 34.3 Å². The molecule has 6 fully saturated rings. The molecule has 0 radical (unpaired) electrons. The number of hydroxylamine groups is 3. The summed E-state index contributed by atoms with van der Waals surface area (Å²) in [5.74, 6) is -2.70. The van der Waals surface area contributed by atoms with Crippen LogP contribution in [0.3, 0.4) is 0 Å². The number of likely N-dealkylation sites (tertiary alicyclic amines) is 1. The minimum absolute atomic E-state index is 0.128. The maximum atomic E-state index is 15.6. The summed E-state index contributed by atoms with van der Waals surface area (Å²) >= 11 is 0. The van der Waals surface area contributed by atoms with E-state index in [1.807, 2.05) is 6.92 Å². The fourth-order valence-electron chi connectivity index (χ4n) is 11.8. The Balaban J connectivity index is 1.40. The average Bonchev–Trinajstić information content (AvgIpc) is 3.49. The molecule has 1 heterocycles. The SMILES string of the molecule is CC[N+]1([O-])C2C3CC4C2(C(OC)CCC41OC(=O)c1ccccc1NC(C)=O)C1CC2C(OC)CC3(O)C1(O)C2OC. The van der Waals surface area contributed by atoms with Crippen LogP contribution in [-0.2, 0) is 23.7 Å². The number of fused-ring (bicyclic) bond motifs is 2. The summed E-state index contributed by atoms with van der Waals surface area (Å²) in [7, 11) is 4.84. The normalized spacial score (nSPS) is 51.0. The largest absolute Gasteiger partial charge is 0.630 e. The number of nitrogens with zero attached hydrogens (tertiary/aromatic N) is 1. The van der Waals surface area contributed by atoms with Crippen LogP contribution >= 0.6 is 0 Å². The lowest BCUT2D eigenvalue weighted by atomic mass is 9.48. The van der Waals surface area contributed by atoms with Gasteiger partial charge in [0.05, 0.1) is 47.4 Å². The molecule has 6 aliphatic rings. The molecule has 3 N–H and O–H groups in total. The molecule has 1 amide bonds. The molecule has 7 rings (SSSR count). The number of quaternary nitrogens is 1. The van der Waals surface area contributed by atoms with E-state index in [2.05, 4.69) is 5.32 Å². The standard InChI is InChI=1S/C31H42N2O9/c1-6-33(38)25-19-14-22-29(33,42-27(35)17-9-7-8-10-20(17)32-16(2)34)12-11-24(40-4)30(22,25)23-13-18-21(39-3)15-28(19,36)31(23,37)26(18)41-5/h7-10,18-19,21-26,36-37H,6,11-15H2,1-5H3,(H,32,34). The van der Waals surface area contributed by atoms with Gasteiger partial charge in [0.1, 0.15) is 17.2 Å². The van der Waals surface area contributed by atoms with Gasteiger partial charge in [0.25, 0.3) is 5.72 Å². The first-order chi connectivity index (χ1) is 20.0. The molecule has 1 aromatic carbocycles. The Hall–Kier alpha value is -2.12. The van der Waals surface area contributed by atoms with E-state index < -0.39 is 62.9 Å².